The van der Waals surface area contributed by atoms with Crippen molar-refractivity contribution in [2.24, 2.45) is 0 Å². The van der Waals surface area contributed by atoms with Crippen LogP contribution in [0.15, 0.2) is 36.4 Å². The molecule has 3 rings (SSSR count). The van der Waals surface area contributed by atoms with E-state index in [0.29, 0.717) is 13.1 Å². The van der Waals surface area contributed by atoms with Crippen LogP contribution in [0.5, 0.6) is 0 Å². The molecule has 118 valence electrons. The van der Waals surface area contributed by atoms with Crippen LogP contribution in [-0.2, 0) is 13.1 Å². The molecule has 0 amide bonds. The molecule has 0 unspecified atom stereocenters. The van der Waals surface area contributed by atoms with E-state index < -0.39 is 5.97 Å². The van der Waals surface area contributed by atoms with Crippen LogP contribution in [-0.4, -0.2) is 15.5 Å². The maximum absolute atomic E-state index is 11.0. The van der Waals surface area contributed by atoms with E-state index in [0.717, 1.165) is 22.4 Å². The van der Waals surface area contributed by atoms with E-state index in [1.54, 1.807) is 18.2 Å². The van der Waals surface area contributed by atoms with Crippen molar-refractivity contribution < 1.29 is 15.6 Å². The lowest BCUT2D eigenvalue weighted by Crippen LogP contribution is -2.48. The summed E-state index contributed by atoms with van der Waals surface area (Å²) in [7, 11) is 0. The standard InChI is InChI=1S/C18H19N3O2/c1-11-6-15-16(7-12(11)2)21(17(9-19)20-15)10-13-4-3-5-14(8-13)18(22)23/h3-8H,9-10,19H2,1-2H3,(H,22,23). The van der Waals surface area contributed by atoms with Gasteiger partial charge in [0, 0.05) is 6.54 Å². The maximum atomic E-state index is 11.0. The van der Waals surface area contributed by atoms with Crippen molar-refractivity contribution in [1.82, 2.24) is 9.55 Å². The Labute approximate surface area is 134 Å². The van der Waals surface area contributed by atoms with Gasteiger partial charge in [-0.15, -0.1) is 0 Å². The Bertz CT molecular complexity index is 897. The number of rotatable bonds is 4. The third-order valence-electron chi connectivity index (χ3n) is 4.17. The van der Waals surface area contributed by atoms with E-state index in [1.165, 1.54) is 11.1 Å². The summed E-state index contributed by atoms with van der Waals surface area (Å²) in [4.78, 5) is 15.7. The molecule has 0 atom stereocenters. The zero-order chi connectivity index (χ0) is 16.6. The largest absolute Gasteiger partial charge is 0.545 e. The molecular weight excluding hydrogens is 290 g/mol. The minimum atomic E-state index is -1.16. The topological polar surface area (TPSA) is 85.6 Å². The first-order chi connectivity index (χ1) is 11.0. The number of imidazole rings is 1. The van der Waals surface area contributed by atoms with Gasteiger partial charge >= 0.3 is 0 Å². The Balaban J connectivity index is 2.10. The smallest absolute Gasteiger partial charge is 0.165 e. The Morgan fingerprint density at radius 2 is 1.96 bits per heavy atom. The first-order valence-corrected chi connectivity index (χ1v) is 7.55. The molecule has 0 bridgehead atoms. The second-order valence-corrected chi connectivity index (χ2v) is 5.78. The van der Waals surface area contributed by atoms with Crippen LogP contribution in [0.25, 0.3) is 11.0 Å². The predicted octanol–water partition coefficient (Wildman–Crippen LogP) is 0.807. The molecule has 0 saturated carbocycles. The highest BCUT2D eigenvalue weighted by molar-refractivity contribution is 5.86. The molecule has 1 heterocycles. The summed E-state index contributed by atoms with van der Waals surface area (Å²) in [6.45, 7) is 5.28. The monoisotopic (exact) mass is 309 g/mol. The second kappa shape index (κ2) is 5.85. The Morgan fingerprint density at radius 3 is 2.65 bits per heavy atom. The summed E-state index contributed by atoms with van der Waals surface area (Å²) in [5.41, 5.74) is 9.45. The molecule has 0 fully saturated rings. The number of carbonyl (C=O) groups excluding carboxylic acids is 1. The van der Waals surface area contributed by atoms with Crippen LogP contribution in [0, 0.1) is 13.8 Å². The molecule has 0 spiro atoms. The fraction of sp³-hybridized carbons (Fsp3) is 0.222. The van der Waals surface area contributed by atoms with Crippen molar-refractivity contribution in [3.63, 3.8) is 0 Å². The Hall–Kier alpha value is -2.66. The van der Waals surface area contributed by atoms with Crippen LogP contribution in [0.2, 0.25) is 0 Å². The molecule has 0 saturated heterocycles. The van der Waals surface area contributed by atoms with Crippen LogP contribution < -0.4 is 10.8 Å². The van der Waals surface area contributed by atoms with Gasteiger partial charge in [-0.2, -0.15) is 0 Å². The first kappa shape index (κ1) is 15.2. The highest BCUT2D eigenvalue weighted by Crippen LogP contribution is 2.22. The van der Waals surface area contributed by atoms with Crippen molar-refractivity contribution in [2.75, 3.05) is 0 Å². The third kappa shape index (κ3) is 2.83. The number of aromatic carboxylic acids is 1. The van der Waals surface area contributed by atoms with Crippen LogP contribution in [0.3, 0.4) is 0 Å². The van der Waals surface area contributed by atoms with Gasteiger partial charge in [-0.05, 0) is 54.3 Å². The lowest BCUT2D eigenvalue weighted by Gasteiger charge is -2.10. The van der Waals surface area contributed by atoms with Gasteiger partial charge < -0.3 is 20.2 Å². The molecule has 0 aliphatic rings. The van der Waals surface area contributed by atoms with Gasteiger partial charge in [-0.3, -0.25) is 0 Å². The Morgan fingerprint density at radius 1 is 1.22 bits per heavy atom. The quantitative estimate of drug-likeness (QED) is 0.773. The average molecular weight is 309 g/mol. The summed E-state index contributed by atoms with van der Waals surface area (Å²) >= 11 is 0. The van der Waals surface area contributed by atoms with Crippen LogP contribution in [0.4, 0.5) is 0 Å². The molecule has 0 radical (unpaired) electrons. The molecule has 1 aromatic heterocycles. The Kier molecular flexibility index (Phi) is 3.88. The lowest BCUT2D eigenvalue weighted by molar-refractivity contribution is -0.388. The van der Waals surface area contributed by atoms with Crippen molar-refractivity contribution in [3.05, 3.63) is 64.5 Å². The molecule has 3 aromatic rings. The van der Waals surface area contributed by atoms with E-state index >= 15 is 0 Å². The van der Waals surface area contributed by atoms with Gasteiger partial charge in [0.1, 0.15) is 6.54 Å². The number of carboxylic acids is 1. The number of quaternary nitrogens is 1. The minimum Gasteiger partial charge on any atom is -0.545 e. The van der Waals surface area contributed by atoms with Crippen LogP contribution in [0.1, 0.15) is 32.9 Å². The number of carboxylic acid groups (broad SMARTS) is 1. The number of fused-ring (bicyclic) bond motifs is 1. The van der Waals surface area contributed by atoms with Gasteiger partial charge in [0.25, 0.3) is 0 Å². The predicted molar refractivity (Wildman–Crippen MR) is 85.7 cm³/mol. The molecular formula is C18H19N3O2. The van der Waals surface area contributed by atoms with Crippen LogP contribution >= 0.6 is 0 Å². The molecule has 0 aliphatic carbocycles. The molecule has 5 nitrogen and oxygen atoms in total. The normalized spacial score (nSPS) is 11.1. The molecule has 0 aliphatic heterocycles. The summed E-state index contributed by atoms with van der Waals surface area (Å²) in [5.74, 6) is -0.268. The highest BCUT2D eigenvalue weighted by Gasteiger charge is 2.12. The van der Waals surface area contributed by atoms with Crippen molar-refractivity contribution in [1.29, 1.82) is 0 Å². The van der Waals surface area contributed by atoms with E-state index in [2.05, 4.69) is 41.3 Å². The van der Waals surface area contributed by atoms with Gasteiger partial charge in [-0.25, -0.2) is 4.98 Å². The summed E-state index contributed by atoms with van der Waals surface area (Å²) in [6, 6.07) is 11.0. The number of aromatic nitrogens is 2. The zero-order valence-corrected chi connectivity index (χ0v) is 13.3. The summed E-state index contributed by atoms with van der Waals surface area (Å²) in [5, 5.41) is 11.0. The number of aryl methyl sites for hydroxylation is 2. The lowest BCUT2D eigenvalue weighted by atomic mass is 10.1. The van der Waals surface area contributed by atoms with E-state index in [4.69, 9.17) is 0 Å². The number of hydrogen-bond acceptors (Lipinski definition) is 3. The van der Waals surface area contributed by atoms with Gasteiger partial charge in [0.2, 0.25) is 0 Å². The molecule has 5 heteroatoms. The SMILES string of the molecule is Cc1cc2nc(C[NH3+])n(Cc3cccc(C(=O)[O-])c3)c2cc1C. The summed E-state index contributed by atoms with van der Waals surface area (Å²) in [6.07, 6.45) is 0. The van der Waals surface area contributed by atoms with Gasteiger partial charge in [0.05, 0.1) is 17.0 Å². The van der Waals surface area contributed by atoms with Crippen molar-refractivity contribution in [3.8, 4) is 0 Å². The number of carbonyl (C=O) groups is 1. The van der Waals surface area contributed by atoms with Gasteiger partial charge in [0.15, 0.2) is 5.82 Å². The van der Waals surface area contributed by atoms with E-state index in [1.807, 2.05) is 6.07 Å². The molecule has 23 heavy (non-hydrogen) atoms. The number of nitrogens with zero attached hydrogens (tertiary/aromatic N) is 2. The van der Waals surface area contributed by atoms with E-state index in [9.17, 15) is 9.90 Å². The van der Waals surface area contributed by atoms with Crippen molar-refractivity contribution >= 4 is 17.0 Å². The molecule has 2 aromatic carbocycles. The second-order valence-electron chi connectivity index (χ2n) is 5.78. The zero-order valence-electron chi connectivity index (χ0n) is 13.3. The van der Waals surface area contributed by atoms with Crippen molar-refractivity contribution in [2.45, 2.75) is 26.9 Å². The highest BCUT2D eigenvalue weighted by atomic mass is 16.4. The fourth-order valence-corrected chi connectivity index (χ4v) is 2.78. The van der Waals surface area contributed by atoms with E-state index in [-0.39, 0.29) is 5.56 Å². The molecule has 3 N–H and O–H groups in total. The third-order valence-corrected chi connectivity index (χ3v) is 4.17. The maximum Gasteiger partial charge on any atom is 0.165 e. The fourth-order valence-electron chi connectivity index (χ4n) is 2.78. The minimum absolute atomic E-state index is 0.190. The average Bonchev–Trinajstić information content (AvgIpc) is 2.85. The number of benzene rings is 2. The summed E-state index contributed by atoms with van der Waals surface area (Å²) < 4.78 is 2.10. The van der Waals surface area contributed by atoms with Gasteiger partial charge in [-0.1, -0.05) is 18.2 Å². The number of hydrogen-bond donors (Lipinski definition) is 1. The first-order valence-electron chi connectivity index (χ1n) is 7.55.